The van der Waals surface area contributed by atoms with Crippen LogP contribution < -0.4 is 4.90 Å². The molecule has 6 heterocycles. The van der Waals surface area contributed by atoms with Crippen molar-refractivity contribution in [2.75, 3.05) is 25.0 Å². The predicted octanol–water partition coefficient (Wildman–Crippen LogP) is 4.82. The van der Waals surface area contributed by atoms with Crippen molar-refractivity contribution in [1.29, 1.82) is 0 Å². The molecule has 2 aliphatic rings. The summed E-state index contributed by atoms with van der Waals surface area (Å²) in [6, 6.07) is 11.5. The molecule has 2 aliphatic heterocycles. The number of nitrogens with zero attached hydrogens (tertiary/aromatic N) is 7. The molecule has 8 nitrogen and oxygen atoms in total. The molecule has 1 N–H and O–H groups in total. The van der Waals surface area contributed by atoms with Crippen LogP contribution in [0.25, 0.3) is 39.2 Å². The Morgan fingerprint density at radius 3 is 2.71 bits per heavy atom. The molecule has 1 aromatic carbocycles. The van der Waals surface area contributed by atoms with Crippen molar-refractivity contribution in [2.24, 2.45) is 0 Å². The molecule has 10 heteroatoms. The van der Waals surface area contributed by atoms with Crippen molar-refractivity contribution in [3.63, 3.8) is 0 Å². The van der Waals surface area contributed by atoms with Crippen LogP contribution in [0.2, 0.25) is 0 Å². The van der Waals surface area contributed by atoms with Crippen molar-refractivity contribution < 1.29 is 8.78 Å². The summed E-state index contributed by atoms with van der Waals surface area (Å²) >= 11 is 0. The lowest BCUT2D eigenvalue weighted by Crippen LogP contribution is -2.36. The maximum absolute atomic E-state index is 14.6. The number of hydrogen-bond acceptors (Lipinski definition) is 6. The number of nitrogens with one attached hydrogen (secondary N) is 1. The molecule has 0 amide bonds. The zero-order valence-corrected chi connectivity index (χ0v) is 20.9. The van der Waals surface area contributed by atoms with Crippen LogP contribution in [-0.4, -0.2) is 66.8 Å². The van der Waals surface area contributed by atoms with Crippen molar-refractivity contribution >= 4 is 16.9 Å². The second-order valence-corrected chi connectivity index (χ2v) is 10.1. The summed E-state index contributed by atoms with van der Waals surface area (Å²) in [5.74, 6) is -0.507. The zero-order chi connectivity index (χ0) is 25.8. The Hall–Kier alpha value is -4.18. The average Bonchev–Trinajstić information content (AvgIpc) is 3.63. The summed E-state index contributed by atoms with van der Waals surface area (Å²) in [5.41, 5.74) is 3.22. The molecule has 0 radical (unpaired) electrons. The SMILES string of the molecule is CN1[C@@H]2CC[C@H]1CN(c1ccc(-c3cnc4[nH]cc(-c5nncn5-c5cccc(F)c5F)c4c3)cn1)CC2. The Labute approximate surface area is 218 Å². The molecular weight excluding hydrogens is 486 g/mol. The maximum Gasteiger partial charge on any atom is 0.182 e. The minimum atomic E-state index is -0.956. The molecule has 0 unspecified atom stereocenters. The van der Waals surface area contributed by atoms with E-state index in [1.54, 1.807) is 12.4 Å². The van der Waals surface area contributed by atoms with Gasteiger partial charge in [0.1, 0.15) is 17.8 Å². The molecule has 0 aliphatic carbocycles. The largest absolute Gasteiger partial charge is 0.355 e. The van der Waals surface area contributed by atoms with E-state index in [-0.39, 0.29) is 5.69 Å². The van der Waals surface area contributed by atoms with Gasteiger partial charge in [-0.2, -0.15) is 0 Å². The fraction of sp³-hybridized carbons (Fsp3) is 0.286. The number of pyridine rings is 2. The lowest BCUT2D eigenvalue weighted by Gasteiger charge is -2.26. The highest BCUT2D eigenvalue weighted by Gasteiger charge is 2.34. The van der Waals surface area contributed by atoms with E-state index >= 15 is 0 Å². The van der Waals surface area contributed by atoms with Gasteiger partial charge in [0.2, 0.25) is 0 Å². The van der Waals surface area contributed by atoms with Crippen LogP contribution in [0.5, 0.6) is 0 Å². The highest BCUT2D eigenvalue weighted by Crippen LogP contribution is 2.33. The fourth-order valence-corrected chi connectivity index (χ4v) is 5.88. The monoisotopic (exact) mass is 512 g/mol. The minimum absolute atomic E-state index is 0.0381. The Balaban J connectivity index is 1.21. The summed E-state index contributed by atoms with van der Waals surface area (Å²) in [6.45, 7) is 2.02. The van der Waals surface area contributed by atoms with Crippen LogP contribution in [0.15, 0.2) is 61.3 Å². The molecule has 2 atom stereocenters. The number of hydrogen-bond donors (Lipinski definition) is 1. The van der Waals surface area contributed by atoms with Crippen LogP contribution in [0.4, 0.5) is 14.6 Å². The van der Waals surface area contributed by atoms with Crippen LogP contribution in [0.1, 0.15) is 19.3 Å². The molecule has 7 rings (SSSR count). The van der Waals surface area contributed by atoms with Crippen molar-refractivity contribution in [2.45, 2.75) is 31.3 Å². The minimum Gasteiger partial charge on any atom is -0.355 e. The highest BCUT2D eigenvalue weighted by molar-refractivity contribution is 5.94. The number of anilines is 1. The summed E-state index contributed by atoms with van der Waals surface area (Å²) in [7, 11) is 2.25. The molecule has 2 fully saturated rings. The summed E-state index contributed by atoms with van der Waals surface area (Å²) < 4.78 is 29.9. The smallest absolute Gasteiger partial charge is 0.182 e. The average molecular weight is 513 g/mol. The van der Waals surface area contributed by atoms with E-state index in [0.29, 0.717) is 29.1 Å². The second-order valence-electron chi connectivity index (χ2n) is 10.1. The number of H-pyrrole nitrogens is 1. The van der Waals surface area contributed by atoms with Gasteiger partial charge in [-0.25, -0.2) is 18.7 Å². The van der Waals surface area contributed by atoms with Gasteiger partial charge in [-0.05, 0) is 56.6 Å². The third-order valence-corrected chi connectivity index (χ3v) is 8.06. The molecule has 0 saturated carbocycles. The standard InChI is InChI=1S/C28H26F2N8/c1-36-19-6-7-20(36)15-37(10-9-19)25-8-5-17(12-31-25)18-11-21-22(14-33-27(21)32-13-18)28-35-34-16-38(28)24-4-2-3-23(29)26(24)30/h2-5,8,11-14,16,19-20H,6-7,9-10,15H2,1H3,(H,32,33)/t19-,20+/m1/s1. The fourth-order valence-electron chi connectivity index (χ4n) is 5.88. The first-order valence-corrected chi connectivity index (χ1v) is 12.8. The zero-order valence-electron chi connectivity index (χ0n) is 20.9. The molecule has 2 saturated heterocycles. The van der Waals surface area contributed by atoms with E-state index in [1.807, 2.05) is 12.3 Å². The quantitative estimate of drug-likeness (QED) is 0.372. The van der Waals surface area contributed by atoms with Crippen LogP contribution in [-0.2, 0) is 0 Å². The van der Waals surface area contributed by atoms with E-state index in [4.69, 9.17) is 4.98 Å². The van der Waals surface area contributed by atoms with Gasteiger partial charge in [0.25, 0.3) is 0 Å². The number of aromatic nitrogens is 6. The molecule has 2 bridgehead atoms. The molecular formula is C28H26F2N8. The number of halogens is 2. The maximum atomic E-state index is 14.6. The van der Waals surface area contributed by atoms with Gasteiger partial charge >= 0.3 is 0 Å². The Kier molecular flexibility index (Phi) is 5.43. The normalized spacial score (nSPS) is 19.8. The first-order chi connectivity index (χ1) is 18.6. The third-order valence-electron chi connectivity index (χ3n) is 8.06. The van der Waals surface area contributed by atoms with Gasteiger partial charge < -0.3 is 9.88 Å². The van der Waals surface area contributed by atoms with Crippen molar-refractivity contribution in [3.05, 3.63) is 73.0 Å². The third kappa shape index (κ3) is 3.75. The van der Waals surface area contributed by atoms with Gasteiger partial charge in [-0.1, -0.05) is 6.07 Å². The van der Waals surface area contributed by atoms with E-state index < -0.39 is 11.6 Å². The molecule has 4 aromatic heterocycles. The van der Waals surface area contributed by atoms with E-state index in [1.165, 1.54) is 35.9 Å². The Morgan fingerprint density at radius 2 is 1.84 bits per heavy atom. The van der Waals surface area contributed by atoms with Gasteiger partial charge in [0, 0.05) is 65.8 Å². The highest BCUT2D eigenvalue weighted by atomic mass is 19.2. The summed E-state index contributed by atoms with van der Waals surface area (Å²) in [6.07, 6.45) is 10.5. The Morgan fingerprint density at radius 1 is 0.974 bits per heavy atom. The number of rotatable bonds is 4. The van der Waals surface area contributed by atoms with Crippen LogP contribution in [0, 0.1) is 11.6 Å². The van der Waals surface area contributed by atoms with Gasteiger partial charge in [-0.15, -0.1) is 10.2 Å². The molecule has 0 spiro atoms. The molecule has 5 aromatic rings. The topological polar surface area (TPSA) is 78.8 Å². The molecule has 38 heavy (non-hydrogen) atoms. The lowest BCUT2D eigenvalue weighted by atomic mass is 10.1. The number of likely N-dealkylation sites (N-methyl/N-ethyl adjacent to an activating group) is 1. The van der Waals surface area contributed by atoms with Gasteiger partial charge in [-0.3, -0.25) is 9.47 Å². The first kappa shape index (κ1) is 23.0. The van der Waals surface area contributed by atoms with E-state index in [2.05, 4.69) is 49.1 Å². The Bertz CT molecular complexity index is 1630. The number of aromatic amines is 1. The lowest BCUT2D eigenvalue weighted by molar-refractivity contribution is 0.254. The summed E-state index contributed by atoms with van der Waals surface area (Å²) in [4.78, 5) is 17.5. The van der Waals surface area contributed by atoms with Gasteiger partial charge in [0.15, 0.2) is 17.5 Å². The van der Waals surface area contributed by atoms with Crippen molar-refractivity contribution in [1.82, 2.24) is 34.6 Å². The van der Waals surface area contributed by atoms with E-state index in [0.717, 1.165) is 47.9 Å². The van der Waals surface area contributed by atoms with E-state index in [9.17, 15) is 8.78 Å². The second kappa shape index (κ2) is 8.98. The van der Waals surface area contributed by atoms with Gasteiger partial charge in [0.05, 0.1) is 5.69 Å². The molecule has 192 valence electrons. The predicted molar refractivity (Wildman–Crippen MR) is 141 cm³/mol. The van der Waals surface area contributed by atoms with Crippen molar-refractivity contribution in [3.8, 4) is 28.2 Å². The van der Waals surface area contributed by atoms with Crippen LogP contribution >= 0.6 is 0 Å². The first-order valence-electron chi connectivity index (χ1n) is 12.8. The summed E-state index contributed by atoms with van der Waals surface area (Å²) in [5, 5.41) is 8.97. The van der Waals surface area contributed by atoms with Crippen LogP contribution in [0.3, 0.4) is 0 Å². The number of fused-ring (bicyclic) bond motifs is 3. The number of benzene rings is 1.